The number of aromatic nitrogens is 5. The molecule has 1 aromatic carbocycles. The van der Waals surface area contributed by atoms with Gasteiger partial charge in [0.25, 0.3) is 0 Å². The molecule has 10 heteroatoms. The molecule has 1 aliphatic rings. The first-order valence-corrected chi connectivity index (χ1v) is 8.96. The van der Waals surface area contributed by atoms with Crippen molar-refractivity contribution >= 4 is 27.8 Å². The highest BCUT2D eigenvalue weighted by molar-refractivity contribution is 6.07. The topological polar surface area (TPSA) is 108 Å². The summed E-state index contributed by atoms with van der Waals surface area (Å²) in [4.78, 5) is 16.1. The molecule has 0 bridgehead atoms. The zero-order valence-corrected chi connectivity index (χ0v) is 14.8. The van der Waals surface area contributed by atoms with Gasteiger partial charge in [0.15, 0.2) is 0 Å². The van der Waals surface area contributed by atoms with Gasteiger partial charge in [0.1, 0.15) is 5.69 Å². The number of nitrogens with one attached hydrogen (secondary N) is 2. The Morgan fingerprint density at radius 1 is 1.14 bits per heavy atom. The van der Waals surface area contributed by atoms with Crippen LogP contribution >= 0.6 is 0 Å². The van der Waals surface area contributed by atoms with Crippen LogP contribution in [0.2, 0.25) is 0 Å². The van der Waals surface area contributed by atoms with E-state index in [2.05, 4.69) is 20.3 Å². The fraction of sp³-hybridized carbons (Fsp3) is 0.263. The quantitative estimate of drug-likeness (QED) is 0.475. The minimum absolute atomic E-state index is 0.111. The van der Waals surface area contributed by atoms with Crippen LogP contribution in [-0.2, 0) is 23.8 Å². The zero-order valence-electron chi connectivity index (χ0n) is 14.8. The third-order valence-electron chi connectivity index (χ3n) is 5.51. The molecule has 7 nitrogen and oxygen atoms in total. The average Bonchev–Trinajstić information content (AvgIpc) is 3.35. The van der Waals surface area contributed by atoms with Crippen molar-refractivity contribution in [3.63, 3.8) is 0 Å². The number of aliphatic carboxylic acids is 1. The minimum Gasteiger partial charge on any atom is -0.481 e. The van der Waals surface area contributed by atoms with Crippen LogP contribution in [0.1, 0.15) is 23.2 Å². The van der Waals surface area contributed by atoms with Crippen LogP contribution in [0, 0.1) is 5.92 Å². The summed E-state index contributed by atoms with van der Waals surface area (Å²) >= 11 is 0. The summed E-state index contributed by atoms with van der Waals surface area (Å²) in [5, 5.41) is 23.6. The molecule has 0 fully saturated rings. The molecule has 3 N–H and O–H groups in total. The van der Waals surface area contributed by atoms with Crippen molar-refractivity contribution in [3.8, 4) is 11.3 Å². The van der Waals surface area contributed by atoms with E-state index in [1.165, 1.54) is 0 Å². The second kappa shape index (κ2) is 6.03. The number of carbonyl (C=O) groups is 1. The average molecular weight is 401 g/mol. The molecule has 1 unspecified atom stereocenters. The van der Waals surface area contributed by atoms with Crippen molar-refractivity contribution in [1.82, 2.24) is 25.4 Å². The normalized spacial score (nSPS) is 17.0. The van der Waals surface area contributed by atoms with Gasteiger partial charge in [-0.1, -0.05) is 0 Å². The third kappa shape index (κ3) is 2.66. The number of nitrogens with zero attached hydrogens (tertiary/aromatic N) is 3. The Kier molecular flexibility index (Phi) is 3.67. The van der Waals surface area contributed by atoms with Crippen molar-refractivity contribution in [2.75, 3.05) is 0 Å². The maximum Gasteiger partial charge on any atom is 0.433 e. The van der Waals surface area contributed by atoms with Crippen LogP contribution in [0.4, 0.5) is 13.2 Å². The molecule has 5 rings (SSSR count). The first kappa shape index (κ1) is 17.7. The van der Waals surface area contributed by atoms with Gasteiger partial charge in [-0.25, -0.2) is 4.98 Å². The van der Waals surface area contributed by atoms with E-state index in [4.69, 9.17) is 0 Å². The van der Waals surface area contributed by atoms with Crippen molar-refractivity contribution in [3.05, 3.63) is 41.3 Å². The molecule has 3 aromatic heterocycles. The number of rotatable bonds is 2. The zero-order chi connectivity index (χ0) is 20.3. The monoisotopic (exact) mass is 401 g/mol. The van der Waals surface area contributed by atoms with Gasteiger partial charge in [-0.3, -0.25) is 15.0 Å². The Morgan fingerprint density at radius 2 is 1.93 bits per heavy atom. The molecule has 3 heterocycles. The van der Waals surface area contributed by atoms with Crippen molar-refractivity contribution in [1.29, 1.82) is 0 Å². The van der Waals surface area contributed by atoms with Gasteiger partial charge < -0.3 is 5.11 Å². The molecule has 4 aromatic rings. The SMILES string of the molecule is O=C(O)C1CCc2c(c(-c3cn[nH]c3C(F)(F)F)nc3ccc4[nH]ncc4c23)C1. The van der Waals surface area contributed by atoms with Crippen molar-refractivity contribution in [2.24, 2.45) is 5.92 Å². The van der Waals surface area contributed by atoms with E-state index in [1.54, 1.807) is 18.3 Å². The molecule has 0 spiro atoms. The lowest BCUT2D eigenvalue weighted by atomic mass is 9.80. The number of hydrogen-bond donors (Lipinski definition) is 3. The lowest BCUT2D eigenvalue weighted by Crippen LogP contribution is -2.23. The number of hydrogen-bond acceptors (Lipinski definition) is 4. The predicted octanol–water partition coefficient (Wildman–Crippen LogP) is 3.71. The fourth-order valence-electron chi connectivity index (χ4n) is 4.18. The number of pyridine rings is 1. The van der Waals surface area contributed by atoms with Crippen LogP contribution in [0.3, 0.4) is 0 Å². The molecule has 0 saturated carbocycles. The number of carboxylic acid groups (broad SMARTS) is 1. The second-order valence-corrected chi connectivity index (χ2v) is 7.14. The fourth-order valence-corrected chi connectivity index (χ4v) is 4.18. The largest absolute Gasteiger partial charge is 0.481 e. The van der Waals surface area contributed by atoms with E-state index >= 15 is 0 Å². The Morgan fingerprint density at radius 3 is 2.69 bits per heavy atom. The van der Waals surface area contributed by atoms with Gasteiger partial charge in [0.2, 0.25) is 0 Å². The van der Waals surface area contributed by atoms with Crippen molar-refractivity contribution < 1.29 is 23.1 Å². The summed E-state index contributed by atoms with van der Waals surface area (Å²) < 4.78 is 40.4. The third-order valence-corrected chi connectivity index (χ3v) is 5.51. The molecular formula is C19H14F3N5O2. The number of benzene rings is 1. The molecule has 29 heavy (non-hydrogen) atoms. The molecule has 1 atom stereocenters. The van der Waals surface area contributed by atoms with Gasteiger partial charge >= 0.3 is 12.1 Å². The first-order valence-electron chi connectivity index (χ1n) is 8.96. The highest BCUT2D eigenvalue weighted by Gasteiger charge is 2.38. The standard InChI is InChI=1S/C19H14F3N5O2/c20-19(21,22)17-12(7-24-27-17)16-10-5-8(18(28)29)1-2-9(10)15-11-6-23-26-13(11)3-4-14(15)25-16/h3-4,6-8H,1-2,5H2,(H,23,26)(H,24,27)(H,28,29). The molecule has 148 valence electrons. The number of carboxylic acids is 1. The van der Waals surface area contributed by atoms with Crippen molar-refractivity contribution in [2.45, 2.75) is 25.4 Å². The maximum absolute atomic E-state index is 13.5. The van der Waals surface area contributed by atoms with Gasteiger partial charge in [-0.05, 0) is 42.5 Å². The number of aromatic amines is 2. The van der Waals surface area contributed by atoms with Crippen LogP contribution in [0.5, 0.6) is 0 Å². The number of H-pyrrole nitrogens is 2. The Bertz CT molecular complexity index is 1270. The lowest BCUT2D eigenvalue weighted by Gasteiger charge is -2.25. The van der Waals surface area contributed by atoms with Crippen LogP contribution in [0.15, 0.2) is 24.5 Å². The van der Waals surface area contributed by atoms with Crippen LogP contribution < -0.4 is 0 Å². The Hall–Kier alpha value is -3.43. The summed E-state index contributed by atoms with van der Waals surface area (Å²) in [6, 6.07) is 3.51. The van der Waals surface area contributed by atoms with E-state index in [1.807, 2.05) is 5.10 Å². The van der Waals surface area contributed by atoms with E-state index in [9.17, 15) is 23.1 Å². The van der Waals surface area contributed by atoms with Crippen LogP contribution in [-0.4, -0.2) is 36.5 Å². The van der Waals surface area contributed by atoms with E-state index < -0.39 is 23.8 Å². The van der Waals surface area contributed by atoms with Gasteiger partial charge in [0.05, 0.1) is 40.6 Å². The lowest BCUT2D eigenvalue weighted by molar-refractivity contribution is -0.142. The summed E-state index contributed by atoms with van der Waals surface area (Å²) in [7, 11) is 0. The van der Waals surface area contributed by atoms with E-state index in [0.717, 1.165) is 28.0 Å². The van der Waals surface area contributed by atoms with Crippen LogP contribution in [0.25, 0.3) is 33.1 Å². The second-order valence-electron chi connectivity index (χ2n) is 7.14. The molecule has 1 aliphatic carbocycles. The Labute approximate surface area is 161 Å². The smallest absolute Gasteiger partial charge is 0.433 e. The Balaban J connectivity index is 1.85. The number of halogens is 3. The molecule has 0 amide bonds. The number of fused-ring (bicyclic) bond motifs is 5. The van der Waals surface area contributed by atoms with Gasteiger partial charge in [-0.15, -0.1) is 0 Å². The van der Waals surface area contributed by atoms with Gasteiger partial charge in [0, 0.05) is 10.8 Å². The van der Waals surface area contributed by atoms with E-state index in [0.29, 0.717) is 23.9 Å². The highest BCUT2D eigenvalue weighted by atomic mass is 19.4. The molecule has 0 radical (unpaired) electrons. The minimum atomic E-state index is -4.63. The number of aryl methyl sites for hydroxylation is 1. The summed E-state index contributed by atoms with van der Waals surface area (Å²) in [5.74, 6) is -1.64. The molecule has 0 aliphatic heterocycles. The summed E-state index contributed by atoms with van der Waals surface area (Å²) in [5.41, 5.74) is 1.63. The molecular weight excluding hydrogens is 387 g/mol. The highest BCUT2D eigenvalue weighted by Crippen LogP contribution is 2.42. The summed E-state index contributed by atoms with van der Waals surface area (Å²) in [6.45, 7) is 0. The number of alkyl halides is 3. The first-order chi connectivity index (χ1) is 13.8. The maximum atomic E-state index is 13.5. The predicted molar refractivity (Wildman–Crippen MR) is 97.1 cm³/mol. The van der Waals surface area contributed by atoms with Gasteiger partial charge in [-0.2, -0.15) is 23.4 Å². The van der Waals surface area contributed by atoms with E-state index in [-0.39, 0.29) is 17.7 Å². The summed E-state index contributed by atoms with van der Waals surface area (Å²) in [6.07, 6.45) is -0.932. The molecule has 0 saturated heterocycles.